The predicted molar refractivity (Wildman–Crippen MR) is 41.6 cm³/mol. The van der Waals surface area contributed by atoms with Crippen molar-refractivity contribution in [1.82, 2.24) is 0 Å². The van der Waals surface area contributed by atoms with Gasteiger partial charge in [-0.15, -0.1) is 0 Å². The number of halogens is 1. The third-order valence-corrected chi connectivity index (χ3v) is 1.90. The Balaban J connectivity index is 2.66. The molecular formula is C9H13F. The normalized spacial score (nSPS) is 32.1. The SMILES string of the molecule is CCC1=CC(F)C(C)C=C1. The summed E-state index contributed by atoms with van der Waals surface area (Å²) in [5, 5.41) is 0. The van der Waals surface area contributed by atoms with Gasteiger partial charge < -0.3 is 0 Å². The molecule has 1 aliphatic rings. The Morgan fingerprint density at radius 3 is 2.80 bits per heavy atom. The number of rotatable bonds is 1. The highest BCUT2D eigenvalue weighted by atomic mass is 19.1. The number of hydrogen-bond acceptors (Lipinski definition) is 0. The molecule has 0 aromatic heterocycles. The van der Waals surface area contributed by atoms with E-state index < -0.39 is 6.17 Å². The van der Waals surface area contributed by atoms with Gasteiger partial charge in [-0.3, -0.25) is 0 Å². The summed E-state index contributed by atoms with van der Waals surface area (Å²) in [4.78, 5) is 0. The lowest BCUT2D eigenvalue weighted by Gasteiger charge is -2.14. The fourth-order valence-corrected chi connectivity index (χ4v) is 1.03. The first-order valence-electron chi connectivity index (χ1n) is 3.77. The Morgan fingerprint density at radius 2 is 2.30 bits per heavy atom. The molecule has 56 valence electrons. The van der Waals surface area contributed by atoms with E-state index in [9.17, 15) is 4.39 Å². The summed E-state index contributed by atoms with van der Waals surface area (Å²) in [6.07, 6.45) is 5.83. The molecule has 0 amide bonds. The van der Waals surface area contributed by atoms with Crippen LogP contribution < -0.4 is 0 Å². The van der Waals surface area contributed by atoms with Gasteiger partial charge in [0.05, 0.1) is 0 Å². The monoisotopic (exact) mass is 140 g/mol. The van der Waals surface area contributed by atoms with Crippen LogP contribution in [0.4, 0.5) is 4.39 Å². The molecule has 0 fully saturated rings. The average molecular weight is 140 g/mol. The molecule has 0 radical (unpaired) electrons. The summed E-state index contributed by atoms with van der Waals surface area (Å²) in [6, 6.07) is 0. The van der Waals surface area contributed by atoms with Gasteiger partial charge in [0, 0.05) is 5.92 Å². The van der Waals surface area contributed by atoms with E-state index in [1.54, 1.807) is 6.08 Å². The summed E-state index contributed by atoms with van der Waals surface area (Å²) in [6.45, 7) is 3.93. The molecule has 1 rings (SSSR count). The molecule has 0 bridgehead atoms. The van der Waals surface area contributed by atoms with Gasteiger partial charge in [0.25, 0.3) is 0 Å². The third-order valence-electron chi connectivity index (χ3n) is 1.90. The first-order chi connectivity index (χ1) is 4.74. The van der Waals surface area contributed by atoms with Gasteiger partial charge in [-0.2, -0.15) is 0 Å². The lowest BCUT2D eigenvalue weighted by molar-refractivity contribution is 0.332. The van der Waals surface area contributed by atoms with Crippen LogP contribution in [-0.2, 0) is 0 Å². The highest BCUT2D eigenvalue weighted by Gasteiger charge is 2.13. The van der Waals surface area contributed by atoms with Gasteiger partial charge in [-0.05, 0) is 18.1 Å². The highest BCUT2D eigenvalue weighted by Crippen LogP contribution is 2.20. The van der Waals surface area contributed by atoms with Crippen LogP contribution >= 0.6 is 0 Å². The zero-order chi connectivity index (χ0) is 7.56. The van der Waals surface area contributed by atoms with Crippen LogP contribution in [0.15, 0.2) is 23.8 Å². The van der Waals surface area contributed by atoms with E-state index in [1.807, 2.05) is 26.0 Å². The van der Waals surface area contributed by atoms with Gasteiger partial charge in [0.2, 0.25) is 0 Å². The second kappa shape index (κ2) is 3.00. The molecule has 0 aromatic carbocycles. The minimum Gasteiger partial charge on any atom is -0.242 e. The third kappa shape index (κ3) is 1.47. The number of hydrogen-bond donors (Lipinski definition) is 0. The molecule has 0 nitrogen and oxygen atoms in total. The topological polar surface area (TPSA) is 0 Å². The van der Waals surface area contributed by atoms with Crippen LogP contribution in [-0.4, -0.2) is 6.17 Å². The fourth-order valence-electron chi connectivity index (χ4n) is 1.03. The fraction of sp³-hybridized carbons (Fsp3) is 0.556. The van der Waals surface area contributed by atoms with Crippen LogP contribution in [0.1, 0.15) is 20.3 Å². The molecule has 10 heavy (non-hydrogen) atoms. The summed E-state index contributed by atoms with van der Waals surface area (Å²) < 4.78 is 12.9. The maximum Gasteiger partial charge on any atom is 0.125 e. The zero-order valence-corrected chi connectivity index (χ0v) is 6.47. The Bertz CT molecular complexity index is 168. The van der Waals surface area contributed by atoms with Crippen LogP contribution in [0.3, 0.4) is 0 Å². The van der Waals surface area contributed by atoms with E-state index in [4.69, 9.17) is 0 Å². The molecule has 0 aliphatic heterocycles. The average Bonchev–Trinajstić information content (AvgIpc) is 1.95. The Labute approximate surface area is 61.4 Å². The molecule has 2 unspecified atom stereocenters. The largest absolute Gasteiger partial charge is 0.242 e. The van der Waals surface area contributed by atoms with Crippen LogP contribution in [0, 0.1) is 5.92 Å². The van der Waals surface area contributed by atoms with Crippen molar-refractivity contribution in [3.63, 3.8) is 0 Å². The Morgan fingerprint density at radius 1 is 1.60 bits per heavy atom. The van der Waals surface area contributed by atoms with Crippen molar-refractivity contribution < 1.29 is 4.39 Å². The van der Waals surface area contributed by atoms with E-state index in [-0.39, 0.29) is 5.92 Å². The number of alkyl halides is 1. The van der Waals surface area contributed by atoms with Crippen molar-refractivity contribution in [3.05, 3.63) is 23.8 Å². The van der Waals surface area contributed by atoms with Crippen LogP contribution in [0.25, 0.3) is 0 Å². The lowest BCUT2D eigenvalue weighted by atomic mass is 9.96. The maximum atomic E-state index is 12.9. The first-order valence-corrected chi connectivity index (χ1v) is 3.77. The highest BCUT2D eigenvalue weighted by molar-refractivity contribution is 5.25. The van der Waals surface area contributed by atoms with Gasteiger partial charge in [-0.25, -0.2) is 4.39 Å². The van der Waals surface area contributed by atoms with E-state index >= 15 is 0 Å². The smallest absolute Gasteiger partial charge is 0.125 e. The minimum absolute atomic E-state index is 0.0651. The summed E-state index contributed by atoms with van der Waals surface area (Å²) in [7, 11) is 0. The second-order valence-corrected chi connectivity index (χ2v) is 2.76. The summed E-state index contributed by atoms with van der Waals surface area (Å²) >= 11 is 0. The zero-order valence-electron chi connectivity index (χ0n) is 6.47. The molecule has 1 heteroatoms. The van der Waals surface area contributed by atoms with Crippen LogP contribution in [0.5, 0.6) is 0 Å². The maximum absolute atomic E-state index is 12.9. The lowest BCUT2D eigenvalue weighted by Crippen LogP contribution is -2.10. The molecule has 1 aliphatic carbocycles. The Hall–Kier alpha value is -0.590. The second-order valence-electron chi connectivity index (χ2n) is 2.76. The van der Waals surface area contributed by atoms with E-state index in [0.29, 0.717) is 0 Å². The van der Waals surface area contributed by atoms with Crippen molar-refractivity contribution in [1.29, 1.82) is 0 Å². The molecule has 0 aromatic rings. The van der Waals surface area contributed by atoms with Crippen molar-refractivity contribution in [2.45, 2.75) is 26.4 Å². The van der Waals surface area contributed by atoms with Crippen LogP contribution in [0.2, 0.25) is 0 Å². The summed E-state index contributed by atoms with van der Waals surface area (Å²) in [5.41, 5.74) is 1.12. The van der Waals surface area contributed by atoms with Gasteiger partial charge >= 0.3 is 0 Å². The molecule has 0 saturated heterocycles. The molecule has 0 spiro atoms. The standard InChI is InChI=1S/C9H13F/c1-3-8-5-4-7(2)9(10)6-8/h4-7,9H,3H2,1-2H3. The van der Waals surface area contributed by atoms with Crippen molar-refractivity contribution in [3.8, 4) is 0 Å². The van der Waals surface area contributed by atoms with Gasteiger partial charge in [-0.1, -0.05) is 26.0 Å². The minimum atomic E-state index is -0.764. The molecule has 0 N–H and O–H groups in total. The van der Waals surface area contributed by atoms with Crippen molar-refractivity contribution >= 4 is 0 Å². The van der Waals surface area contributed by atoms with E-state index in [0.717, 1.165) is 12.0 Å². The first kappa shape index (κ1) is 7.52. The van der Waals surface area contributed by atoms with Gasteiger partial charge in [0.15, 0.2) is 0 Å². The Kier molecular flexibility index (Phi) is 2.25. The van der Waals surface area contributed by atoms with E-state index in [2.05, 4.69) is 0 Å². The van der Waals surface area contributed by atoms with Crippen molar-refractivity contribution in [2.75, 3.05) is 0 Å². The number of allylic oxidation sites excluding steroid dienone is 4. The molecule has 2 atom stereocenters. The quantitative estimate of drug-likeness (QED) is 0.525. The molecular weight excluding hydrogens is 127 g/mol. The van der Waals surface area contributed by atoms with Gasteiger partial charge in [0.1, 0.15) is 6.17 Å². The molecule has 0 saturated carbocycles. The van der Waals surface area contributed by atoms with Crippen molar-refractivity contribution in [2.24, 2.45) is 5.92 Å². The molecule has 0 heterocycles. The summed E-state index contributed by atoms with van der Waals surface area (Å²) in [5.74, 6) is 0.0651. The van der Waals surface area contributed by atoms with E-state index in [1.165, 1.54) is 0 Å². The predicted octanol–water partition coefficient (Wildman–Crippen LogP) is 2.87.